The van der Waals surface area contributed by atoms with Gasteiger partial charge in [0, 0.05) is 18.6 Å². The van der Waals surface area contributed by atoms with Crippen LogP contribution in [0.1, 0.15) is 57.7 Å². The third-order valence-electron chi connectivity index (χ3n) is 7.03. The van der Waals surface area contributed by atoms with Crippen molar-refractivity contribution in [1.82, 2.24) is 40.4 Å². The summed E-state index contributed by atoms with van der Waals surface area (Å²) in [6, 6.07) is 0.352. The summed E-state index contributed by atoms with van der Waals surface area (Å²) >= 11 is 0. The number of amides is 1. The second kappa shape index (κ2) is 8.05. The van der Waals surface area contributed by atoms with Gasteiger partial charge in [-0.1, -0.05) is 0 Å². The Labute approximate surface area is 185 Å². The monoisotopic (exact) mass is 438 g/mol. The largest absolute Gasteiger partial charge is 0.456 e. The maximum atomic E-state index is 13.3. The topological polar surface area (TPSA) is 128 Å². The number of likely N-dealkylation sites (tertiary alicyclic amines) is 1. The molecule has 2 aromatic rings. The minimum Gasteiger partial charge on any atom is -0.456 e. The number of tetrazole rings is 1. The average Bonchev–Trinajstić information content (AvgIpc) is 3.53. The van der Waals surface area contributed by atoms with Crippen molar-refractivity contribution in [2.75, 3.05) is 13.2 Å². The molecule has 0 bridgehead atoms. The Morgan fingerprint density at radius 2 is 2.00 bits per heavy atom. The molecule has 1 N–H and O–H groups in total. The van der Waals surface area contributed by atoms with Crippen LogP contribution in [-0.2, 0) is 14.3 Å². The van der Waals surface area contributed by atoms with Crippen LogP contribution in [0.15, 0.2) is 30.0 Å². The van der Waals surface area contributed by atoms with Crippen molar-refractivity contribution < 1.29 is 14.3 Å². The van der Waals surface area contributed by atoms with E-state index < -0.39 is 0 Å². The van der Waals surface area contributed by atoms with Gasteiger partial charge < -0.3 is 15.0 Å². The van der Waals surface area contributed by atoms with Crippen molar-refractivity contribution >= 4 is 11.9 Å². The maximum Gasteiger partial charge on any atom is 0.336 e. The Bertz CT molecular complexity index is 1040. The molecule has 1 atom stereocenters. The number of hydrogen-bond donors (Lipinski definition) is 1. The number of cyclic esters (lactones) is 1. The van der Waals surface area contributed by atoms with E-state index in [0.29, 0.717) is 24.0 Å². The molecule has 1 amide bonds. The standard InChI is InChI=1S/C21H26N8O3/c1-13-17(11-32-19(13)30)28-8-7-21(20(28)31)5-3-15(4-6-21)25-14(2)16-9-23-18(10-22-16)29-12-24-26-27-29/h9-10,12,14-15,25H,3-8,11H2,1-2H3/t14-,15?,21?/m1/s1. The molecule has 32 heavy (non-hydrogen) atoms. The summed E-state index contributed by atoms with van der Waals surface area (Å²) < 4.78 is 6.57. The van der Waals surface area contributed by atoms with Gasteiger partial charge in [0.15, 0.2) is 5.82 Å². The number of ether oxygens (including phenoxy) is 1. The Balaban J connectivity index is 1.18. The molecule has 0 unspecified atom stereocenters. The molecule has 168 valence electrons. The minimum absolute atomic E-state index is 0.0368. The zero-order chi connectivity index (χ0) is 22.3. The third-order valence-corrected chi connectivity index (χ3v) is 7.03. The second-order valence-electron chi connectivity index (χ2n) is 8.85. The molecule has 1 saturated carbocycles. The lowest BCUT2D eigenvalue weighted by Crippen LogP contribution is -2.42. The summed E-state index contributed by atoms with van der Waals surface area (Å²) in [6.07, 6.45) is 9.24. The number of nitrogens with zero attached hydrogens (tertiary/aromatic N) is 7. The third kappa shape index (κ3) is 3.56. The molecule has 1 spiro atoms. The first-order valence-corrected chi connectivity index (χ1v) is 11.0. The number of carbonyl (C=O) groups excluding carboxylic acids is 2. The fourth-order valence-corrected chi connectivity index (χ4v) is 5.01. The zero-order valence-electron chi connectivity index (χ0n) is 18.2. The number of aromatic nitrogens is 6. The Hall–Kier alpha value is -3.21. The van der Waals surface area contributed by atoms with E-state index in [0.717, 1.165) is 43.5 Å². The summed E-state index contributed by atoms with van der Waals surface area (Å²) in [5.74, 6) is 0.403. The second-order valence-corrected chi connectivity index (χ2v) is 8.85. The van der Waals surface area contributed by atoms with Gasteiger partial charge in [0.2, 0.25) is 5.91 Å². The first kappa shape index (κ1) is 20.7. The van der Waals surface area contributed by atoms with Gasteiger partial charge >= 0.3 is 5.97 Å². The summed E-state index contributed by atoms with van der Waals surface area (Å²) in [4.78, 5) is 35.7. The molecule has 11 nitrogen and oxygen atoms in total. The van der Waals surface area contributed by atoms with Crippen molar-refractivity contribution in [3.63, 3.8) is 0 Å². The highest BCUT2D eigenvalue weighted by atomic mass is 16.5. The molecule has 11 heteroatoms. The minimum atomic E-state index is -0.315. The fourth-order valence-electron chi connectivity index (χ4n) is 5.01. The van der Waals surface area contributed by atoms with Crippen LogP contribution >= 0.6 is 0 Å². The molecule has 5 rings (SSSR count). The van der Waals surface area contributed by atoms with E-state index >= 15 is 0 Å². The van der Waals surface area contributed by atoms with Gasteiger partial charge in [0.1, 0.15) is 12.9 Å². The molecule has 1 saturated heterocycles. The maximum absolute atomic E-state index is 13.3. The van der Waals surface area contributed by atoms with Crippen LogP contribution in [-0.4, -0.2) is 66.1 Å². The number of nitrogens with one attached hydrogen (secondary N) is 1. The number of esters is 1. The van der Waals surface area contributed by atoms with Crippen LogP contribution < -0.4 is 5.32 Å². The van der Waals surface area contributed by atoms with E-state index in [1.54, 1.807) is 24.2 Å². The Kier molecular flexibility index (Phi) is 5.20. The van der Waals surface area contributed by atoms with Gasteiger partial charge in [0.05, 0.1) is 34.8 Å². The summed E-state index contributed by atoms with van der Waals surface area (Å²) in [5.41, 5.74) is 1.84. The highest BCUT2D eigenvalue weighted by Crippen LogP contribution is 2.46. The normalized spacial score (nSPS) is 26.8. The molecule has 2 aromatic heterocycles. The summed E-state index contributed by atoms with van der Waals surface area (Å²) in [5, 5.41) is 14.7. The highest BCUT2D eigenvalue weighted by molar-refractivity contribution is 5.94. The molecular formula is C21H26N8O3. The predicted octanol–water partition coefficient (Wildman–Crippen LogP) is 1.09. The van der Waals surface area contributed by atoms with Crippen molar-refractivity contribution in [1.29, 1.82) is 0 Å². The van der Waals surface area contributed by atoms with Crippen LogP contribution in [0.2, 0.25) is 0 Å². The van der Waals surface area contributed by atoms with Gasteiger partial charge in [-0.3, -0.25) is 9.78 Å². The first-order chi connectivity index (χ1) is 15.5. The van der Waals surface area contributed by atoms with Gasteiger partial charge in [-0.15, -0.1) is 5.10 Å². The van der Waals surface area contributed by atoms with Crippen molar-refractivity contribution in [3.05, 3.63) is 35.7 Å². The molecule has 2 aliphatic heterocycles. The summed E-state index contributed by atoms with van der Waals surface area (Å²) in [7, 11) is 0. The zero-order valence-corrected chi connectivity index (χ0v) is 18.2. The summed E-state index contributed by atoms with van der Waals surface area (Å²) in [6.45, 7) is 4.69. The van der Waals surface area contributed by atoms with Crippen LogP contribution in [0, 0.1) is 5.41 Å². The first-order valence-electron chi connectivity index (χ1n) is 11.0. The van der Waals surface area contributed by atoms with Crippen LogP contribution in [0.5, 0.6) is 0 Å². The van der Waals surface area contributed by atoms with Crippen LogP contribution in [0.25, 0.3) is 5.82 Å². The quantitative estimate of drug-likeness (QED) is 0.682. The van der Waals surface area contributed by atoms with Crippen molar-refractivity contribution in [2.45, 2.75) is 58.0 Å². The molecule has 3 aliphatic rings. The lowest BCUT2D eigenvalue weighted by molar-refractivity contribution is -0.138. The molecule has 0 radical (unpaired) electrons. The predicted molar refractivity (Wildman–Crippen MR) is 111 cm³/mol. The van der Waals surface area contributed by atoms with E-state index in [1.807, 2.05) is 0 Å². The van der Waals surface area contributed by atoms with Gasteiger partial charge in [-0.2, -0.15) is 4.68 Å². The molecular weight excluding hydrogens is 412 g/mol. The number of hydrogen-bond acceptors (Lipinski definition) is 9. The number of rotatable bonds is 5. The van der Waals surface area contributed by atoms with Crippen molar-refractivity contribution in [2.24, 2.45) is 5.41 Å². The highest BCUT2D eigenvalue weighted by Gasteiger charge is 2.50. The number of carbonyl (C=O) groups is 2. The lowest BCUT2D eigenvalue weighted by Gasteiger charge is -2.37. The van der Waals surface area contributed by atoms with Gasteiger partial charge in [-0.05, 0) is 56.4 Å². The molecule has 1 aliphatic carbocycles. The van der Waals surface area contributed by atoms with E-state index in [9.17, 15) is 9.59 Å². The van der Waals surface area contributed by atoms with Crippen molar-refractivity contribution in [3.8, 4) is 5.82 Å². The van der Waals surface area contributed by atoms with Crippen LogP contribution in [0.3, 0.4) is 0 Å². The van der Waals surface area contributed by atoms with E-state index in [1.165, 1.54) is 11.0 Å². The Morgan fingerprint density at radius 1 is 1.19 bits per heavy atom. The van der Waals surface area contributed by atoms with Crippen LogP contribution in [0.4, 0.5) is 0 Å². The van der Waals surface area contributed by atoms with E-state index in [-0.39, 0.29) is 29.9 Å². The lowest BCUT2D eigenvalue weighted by atomic mass is 9.71. The van der Waals surface area contributed by atoms with Gasteiger partial charge in [-0.25, -0.2) is 9.78 Å². The van der Waals surface area contributed by atoms with Gasteiger partial charge in [0.25, 0.3) is 0 Å². The SMILES string of the molecule is CC1=C(N2CCC3(CCC(N[C@H](C)c4cnc(-n5cnnn5)cn4)CC3)C2=O)COC1=O. The smallest absolute Gasteiger partial charge is 0.336 e. The average molecular weight is 438 g/mol. The molecule has 0 aromatic carbocycles. The fraction of sp³-hybridized carbons (Fsp3) is 0.571. The molecule has 2 fully saturated rings. The van der Waals surface area contributed by atoms with E-state index in [4.69, 9.17) is 4.74 Å². The molecule has 4 heterocycles. The Morgan fingerprint density at radius 3 is 2.62 bits per heavy atom. The van der Waals surface area contributed by atoms with E-state index in [2.05, 4.69) is 37.7 Å².